The van der Waals surface area contributed by atoms with Crippen molar-refractivity contribution in [3.8, 4) is 0 Å². The first kappa shape index (κ1) is 21.2. The highest BCUT2D eigenvalue weighted by atomic mass is 35.5. The molecule has 128 valence electrons. The highest BCUT2D eigenvalue weighted by molar-refractivity contribution is 7.89. The van der Waals surface area contributed by atoms with Crippen molar-refractivity contribution in [3.63, 3.8) is 0 Å². The zero-order valence-corrected chi connectivity index (χ0v) is 13.7. The Hall–Kier alpha value is -0.830. The van der Waals surface area contributed by atoms with Gasteiger partial charge in [-0.25, -0.2) is 13.1 Å². The zero-order valence-electron chi connectivity index (χ0n) is 12.1. The van der Waals surface area contributed by atoms with Crippen LogP contribution in [0.5, 0.6) is 0 Å². The lowest BCUT2D eigenvalue weighted by molar-refractivity contribution is -0.137. The second kappa shape index (κ2) is 8.71. The molecule has 1 aromatic rings. The summed E-state index contributed by atoms with van der Waals surface area (Å²) in [7, 11) is -3.86. The molecule has 0 amide bonds. The molecule has 3 N–H and O–H groups in total. The van der Waals surface area contributed by atoms with Crippen molar-refractivity contribution < 1.29 is 21.6 Å². The number of nitrogens with one attached hydrogen (secondary N) is 1. The first-order valence-corrected chi connectivity index (χ1v) is 8.08. The first-order valence-electron chi connectivity index (χ1n) is 6.60. The van der Waals surface area contributed by atoms with Crippen LogP contribution in [0.25, 0.3) is 0 Å². The number of hydrogen-bond acceptors (Lipinski definition) is 3. The van der Waals surface area contributed by atoms with Gasteiger partial charge in [-0.3, -0.25) is 0 Å². The average Bonchev–Trinajstić information content (AvgIpc) is 2.42. The highest BCUT2D eigenvalue weighted by Crippen LogP contribution is 2.29. The standard InChI is InChI=1S/C13H19F3N2O2S.ClH/c1-2-3-4-11(9-17)18-21(19,20)12-7-5-10(6-8-12)13(14,15)16;/h5-8,11,18H,2-4,9,17H2,1H3;1H. The van der Waals surface area contributed by atoms with Crippen LogP contribution in [0, 0.1) is 0 Å². The lowest BCUT2D eigenvalue weighted by atomic mass is 10.1. The van der Waals surface area contributed by atoms with Crippen molar-refractivity contribution in [1.29, 1.82) is 0 Å². The lowest BCUT2D eigenvalue weighted by Crippen LogP contribution is -2.40. The number of nitrogens with two attached hydrogens (primary N) is 1. The van der Waals surface area contributed by atoms with Crippen LogP contribution in [0.15, 0.2) is 29.2 Å². The Balaban J connectivity index is 0.00000441. The van der Waals surface area contributed by atoms with Crippen LogP contribution in [-0.2, 0) is 16.2 Å². The van der Waals surface area contributed by atoms with Gasteiger partial charge in [0, 0.05) is 12.6 Å². The molecule has 0 fully saturated rings. The van der Waals surface area contributed by atoms with Crippen molar-refractivity contribution in [2.24, 2.45) is 5.73 Å². The summed E-state index contributed by atoms with van der Waals surface area (Å²) in [4.78, 5) is -0.203. The molecule has 0 saturated carbocycles. The van der Waals surface area contributed by atoms with Crippen LogP contribution in [0.3, 0.4) is 0 Å². The normalized spacial score (nSPS) is 13.5. The third kappa shape index (κ3) is 6.12. The summed E-state index contributed by atoms with van der Waals surface area (Å²) in [6.07, 6.45) is -2.18. The minimum atomic E-state index is -4.49. The van der Waals surface area contributed by atoms with E-state index in [1.807, 2.05) is 6.92 Å². The third-order valence-electron chi connectivity index (χ3n) is 3.00. The number of halogens is 4. The second-order valence-electron chi connectivity index (χ2n) is 4.72. The molecule has 9 heteroatoms. The van der Waals surface area contributed by atoms with Gasteiger partial charge in [-0.05, 0) is 30.7 Å². The molecule has 0 heterocycles. The first-order chi connectivity index (χ1) is 9.70. The molecule has 22 heavy (non-hydrogen) atoms. The molecule has 0 radical (unpaired) electrons. The Labute approximate surface area is 134 Å². The molecule has 0 saturated heterocycles. The van der Waals surface area contributed by atoms with E-state index in [1.165, 1.54) is 0 Å². The van der Waals surface area contributed by atoms with Gasteiger partial charge in [-0.15, -0.1) is 12.4 Å². The van der Waals surface area contributed by atoms with Crippen LogP contribution in [0.1, 0.15) is 31.7 Å². The topological polar surface area (TPSA) is 72.2 Å². The molecule has 1 aromatic carbocycles. The molecule has 0 aliphatic rings. The number of rotatable bonds is 7. The summed E-state index contributed by atoms with van der Waals surface area (Å²) in [5, 5.41) is 0. The van der Waals surface area contributed by atoms with E-state index in [9.17, 15) is 21.6 Å². The molecule has 0 aliphatic heterocycles. The van der Waals surface area contributed by atoms with Crippen LogP contribution in [-0.4, -0.2) is 21.0 Å². The van der Waals surface area contributed by atoms with Gasteiger partial charge in [0.25, 0.3) is 0 Å². The van der Waals surface area contributed by atoms with E-state index in [2.05, 4.69) is 4.72 Å². The summed E-state index contributed by atoms with van der Waals surface area (Å²) < 4.78 is 63.9. The molecule has 0 aromatic heterocycles. The van der Waals surface area contributed by atoms with Crippen LogP contribution in [0.2, 0.25) is 0 Å². The van der Waals surface area contributed by atoms with Crippen molar-refractivity contribution in [1.82, 2.24) is 4.72 Å². The second-order valence-corrected chi connectivity index (χ2v) is 6.43. The average molecular weight is 361 g/mol. The van der Waals surface area contributed by atoms with Crippen molar-refractivity contribution in [3.05, 3.63) is 29.8 Å². The van der Waals surface area contributed by atoms with Gasteiger partial charge in [-0.2, -0.15) is 13.2 Å². The summed E-state index contributed by atoms with van der Waals surface area (Å²) in [5.74, 6) is 0. The van der Waals surface area contributed by atoms with Gasteiger partial charge in [-0.1, -0.05) is 19.8 Å². The van der Waals surface area contributed by atoms with Gasteiger partial charge < -0.3 is 5.73 Å². The molecule has 1 atom stereocenters. The fourth-order valence-electron chi connectivity index (χ4n) is 1.79. The Morgan fingerprint density at radius 1 is 1.23 bits per heavy atom. The maximum atomic E-state index is 12.4. The number of alkyl halides is 3. The number of unbranched alkanes of at least 4 members (excludes halogenated alkanes) is 1. The number of hydrogen-bond donors (Lipinski definition) is 2. The maximum Gasteiger partial charge on any atom is 0.416 e. The number of benzene rings is 1. The molecule has 0 aliphatic carbocycles. The number of sulfonamides is 1. The molecule has 4 nitrogen and oxygen atoms in total. The lowest BCUT2D eigenvalue weighted by Gasteiger charge is -2.17. The molecule has 1 rings (SSSR count). The molecular formula is C13H20ClF3N2O2S. The quantitative estimate of drug-likeness (QED) is 0.785. The Morgan fingerprint density at radius 2 is 1.77 bits per heavy atom. The van der Waals surface area contributed by atoms with Gasteiger partial charge in [0.15, 0.2) is 0 Å². The van der Waals surface area contributed by atoms with Crippen molar-refractivity contribution in [2.45, 2.75) is 43.3 Å². The van der Waals surface area contributed by atoms with Crippen molar-refractivity contribution >= 4 is 22.4 Å². The van der Waals surface area contributed by atoms with E-state index in [1.54, 1.807) is 0 Å². The van der Waals surface area contributed by atoms with E-state index in [0.29, 0.717) is 6.42 Å². The SMILES string of the molecule is CCCCC(CN)NS(=O)(=O)c1ccc(C(F)(F)F)cc1.Cl. The predicted octanol–water partition coefficient (Wildman–Crippen LogP) is 2.92. The molecule has 1 unspecified atom stereocenters. The summed E-state index contributed by atoms with van der Waals surface area (Å²) in [6, 6.07) is 2.96. The van der Waals surface area contributed by atoms with Gasteiger partial charge in [0.2, 0.25) is 10.0 Å². The van der Waals surface area contributed by atoms with Gasteiger partial charge in [0.1, 0.15) is 0 Å². The van der Waals surface area contributed by atoms with E-state index in [-0.39, 0.29) is 23.8 Å². The molecular weight excluding hydrogens is 341 g/mol. The van der Waals surface area contributed by atoms with E-state index in [0.717, 1.165) is 37.1 Å². The Bertz CT molecular complexity index is 547. The van der Waals surface area contributed by atoms with Crippen LogP contribution < -0.4 is 10.5 Å². The monoisotopic (exact) mass is 360 g/mol. The Morgan fingerprint density at radius 3 is 2.18 bits per heavy atom. The van der Waals surface area contributed by atoms with E-state index in [4.69, 9.17) is 5.73 Å². The minimum Gasteiger partial charge on any atom is -0.329 e. The maximum absolute atomic E-state index is 12.4. The zero-order chi connectivity index (χ0) is 16.1. The highest BCUT2D eigenvalue weighted by Gasteiger charge is 2.30. The van der Waals surface area contributed by atoms with Crippen molar-refractivity contribution in [2.75, 3.05) is 6.54 Å². The molecule has 0 bridgehead atoms. The molecule has 0 spiro atoms. The Kier molecular flexibility index (Phi) is 8.38. The van der Waals surface area contributed by atoms with E-state index < -0.39 is 27.8 Å². The smallest absolute Gasteiger partial charge is 0.329 e. The fourth-order valence-corrected chi connectivity index (χ4v) is 3.07. The summed E-state index contributed by atoms with van der Waals surface area (Å²) in [6.45, 7) is 2.11. The van der Waals surface area contributed by atoms with Crippen LogP contribution >= 0.6 is 12.4 Å². The van der Waals surface area contributed by atoms with Crippen LogP contribution in [0.4, 0.5) is 13.2 Å². The summed E-state index contributed by atoms with van der Waals surface area (Å²) in [5.41, 5.74) is 4.62. The largest absolute Gasteiger partial charge is 0.416 e. The predicted molar refractivity (Wildman–Crippen MR) is 81.4 cm³/mol. The van der Waals surface area contributed by atoms with Gasteiger partial charge in [0.05, 0.1) is 10.5 Å². The minimum absolute atomic E-state index is 0. The fraction of sp³-hybridized carbons (Fsp3) is 0.538. The third-order valence-corrected chi connectivity index (χ3v) is 4.54. The van der Waals surface area contributed by atoms with Gasteiger partial charge >= 0.3 is 6.18 Å². The summed E-state index contributed by atoms with van der Waals surface area (Å²) >= 11 is 0. The van der Waals surface area contributed by atoms with E-state index >= 15 is 0 Å².